The fourth-order valence-electron chi connectivity index (χ4n) is 1.96. The third kappa shape index (κ3) is 4.06. The maximum absolute atomic E-state index is 11.6. The molecule has 0 atom stereocenters. The second kappa shape index (κ2) is 7.37. The van der Waals surface area contributed by atoms with E-state index in [-0.39, 0.29) is 5.97 Å². The van der Waals surface area contributed by atoms with E-state index in [1.807, 2.05) is 5.38 Å². The molecule has 0 aliphatic heterocycles. The number of nitrogen functional groups attached to an aromatic ring is 1. The van der Waals surface area contributed by atoms with Gasteiger partial charge in [0.25, 0.3) is 0 Å². The zero-order chi connectivity index (χ0) is 16.9. The smallest absolute Gasteiger partial charge is 0.338 e. The van der Waals surface area contributed by atoms with Crippen LogP contribution in [0.15, 0.2) is 29.6 Å². The van der Waals surface area contributed by atoms with Crippen molar-refractivity contribution in [1.82, 2.24) is 15.2 Å². The van der Waals surface area contributed by atoms with E-state index in [2.05, 4.69) is 20.5 Å². The Morgan fingerprint density at radius 2 is 2.08 bits per heavy atom. The van der Waals surface area contributed by atoms with E-state index in [1.165, 1.54) is 22.7 Å². The summed E-state index contributed by atoms with van der Waals surface area (Å²) in [5.74, 6) is -0.329. The number of nitrogens with zero attached hydrogens (tertiary/aromatic N) is 3. The minimum Gasteiger partial charge on any atom is -0.462 e. The second-order valence-corrected chi connectivity index (χ2v) is 6.73. The number of nitrogens with two attached hydrogens (primary N) is 1. The molecular formula is C15H15N5O2S2. The summed E-state index contributed by atoms with van der Waals surface area (Å²) < 4.78 is 4.95. The summed E-state index contributed by atoms with van der Waals surface area (Å²) in [5, 5.41) is 15.4. The SMILES string of the molecule is CCOC(=O)c1ccc(Nc2nnc(Cc3csc(N)n3)s2)cc1. The van der Waals surface area contributed by atoms with Gasteiger partial charge >= 0.3 is 5.97 Å². The third-order valence-corrected chi connectivity index (χ3v) is 4.58. The minimum absolute atomic E-state index is 0.329. The van der Waals surface area contributed by atoms with Gasteiger partial charge in [0.2, 0.25) is 5.13 Å². The van der Waals surface area contributed by atoms with E-state index in [1.54, 1.807) is 31.2 Å². The molecule has 2 heterocycles. The second-order valence-electron chi connectivity index (χ2n) is 4.78. The molecular weight excluding hydrogens is 346 g/mol. The summed E-state index contributed by atoms with van der Waals surface area (Å²) in [6.45, 7) is 2.14. The van der Waals surface area contributed by atoms with Crippen LogP contribution in [0.2, 0.25) is 0 Å². The molecule has 3 N–H and O–H groups in total. The standard InChI is InChI=1S/C15H15N5O2S2/c1-2-22-13(21)9-3-5-10(6-4-9)18-15-20-19-12(24-15)7-11-8-23-14(16)17-11/h3-6,8H,2,7H2,1H3,(H2,16,17)(H,18,20). The lowest BCUT2D eigenvalue weighted by Gasteiger charge is -2.04. The molecule has 0 amide bonds. The van der Waals surface area contributed by atoms with Gasteiger partial charge in [-0.15, -0.1) is 21.5 Å². The predicted molar refractivity (Wildman–Crippen MR) is 94.9 cm³/mol. The molecule has 3 rings (SSSR count). The Hall–Kier alpha value is -2.52. The molecule has 0 fully saturated rings. The third-order valence-electron chi connectivity index (χ3n) is 3.02. The lowest BCUT2D eigenvalue weighted by Crippen LogP contribution is -2.04. The van der Waals surface area contributed by atoms with Gasteiger partial charge in [0, 0.05) is 17.5 Å². The largest absolute Gasteiger partial charge is 0.462 e. The molecule has 0 unspecified atom stereocenters. The highest BCUT2D eigenvalue weighted by Crippen LogP contribution is 2.23. The molecule has 0 aliphatic carbocycles. The number of benzene rings is 1. The minimum atomic E-state index is -0.329. The van der Waals surface area contributed by atoms with Crippen LogP contribution < -0.4 is 11.1 Å². The summed E-state index contributed by atoms with van der Waals surface area (Å²) in [4.78, 5) is 15.8. The van der Waals surface area contributed by atoms with Crippen molar-refractivity contribution in [2.24, 2.45) is 0 Å². The lowest BCUT2D eigenvalue weighted by molar-refractivity contribution is 0.0526. The molecule has 124 valence electrons. The molecule has 0 aliphatic rings. The first-order chi connectivity index (χ1) is 11.6. The molecule has 1 aromatic carbocycles. The number of nitrogens with one attached hydrogen (secondary N) is 1. The summed E-state index contributed by atoms with van der Waals surface area (Å²) in [6.07, 6.45) is 0.606. The van der Waals surface area contributed by atoms with Gasteiger partial charge < -0.3 is 15.8 Å². The zero-order valence-electron chi connectivity index (χ0n) is 12.9. The monoisotopic (exact) mass is 361 g/mol. The van der Waals surface area contributed by atoms with Gasteiger partial charge in [0.1, 0.15) is 5.01 Å². The van der Waals surface area contributed by atoms with Gasteiger partial charge in [-0.25, -0.2) is 9.78 Å². The first-order valence-electron chi connectivity index (χ1n) is 7.20. The van der Waals surface area contributed by atoms with E-state index in [0.717, 1.165) is 16.4 Å². The van der Waals surface area contributed by atoms with E-state index >= 15 is 0 Å². The van der Waals surface area contributed by atoms with Crippen LogP contribution in [0.1, 0.15) is 28.0 Å². The van der Waals surface area contributed by atoms with Crippen LogP contribution in [0.4, 0.5) is 16.0 Å². The number of rotatable bonds is 6. The van der Waals surface area contributed by atoms with Crippen LogP contribution in [-0.2, 0) is 11.2 Å². The van der Waals surface area contributed by atoms with Gasteiger partial charge in [0.05, 0.1) is 17.9 Å². The topological polar surface area (TPSA) is 103 Å². The summed E-state index contributed by atoms with van der Waals surface area (Å²) in [6, 6.07) is 7.02. The Morgan fingerprint density at radius 1 is 1.29 bits per heavy atom. The van der Waals surface area contributed by atoms with Crippen LogP contribution in [0.25, 0.3) is 0 Å². The van der Waals surface area contributed by atoms with E-state index < -0.39 is 0 Å². The van der Waals surface area contributed by atoms with E-state index in [9.17, 15) is 4.79 Å². The number of carbonyl (C=O) groups is 1. The van der Waals surface area contributed by atoms with Crippen molar-refractivity contribution in [2.45, 2.75) is 13.3 Å². The average molecular weight is 361 g/mol. The molecule has 0 saturated carbocycles. The molecule has 2 aromatic heterocycles. The normalized spacial score (nSPS) is 10.5. The lowest BCUT2D eigenvalue weighted by atomic mass is 10.2. The summed E-state index contributed by atoms with van der Waals surface area (Å²) >= 11 is 2.86. The highest BCUT2D eigenvalue weighted by molar-refractivity contribution is 7.15. The van der Waals surface area contributed by atoms with Crippen molar-refractivity contribution < 1.29 is 9.53 Å². The van der Waals surface area contributed by atoms with Crippen LogP contribution in [-0.4, -0.2) is 27.8 Å². The van der Waals surface area contributed by atoms with Gasteiger partial charge in [-0.3, -0.25) is 0 Å². The number of esters is 1. The summed E-state index contributed by atoms with van der Waals surface area (Å²) in [7, 11) is 0. The van der Waals surface area contributed by atoms with Crippen LogP contribution >= 0.6 is 22.7 Å². The van der Waals surface area contributed by atoms with Crippen molar-refractivity contribution in [2.75, 3.05) is 17.7 Å². The molecule has 9 heteroatoms. The average Bonchev–Trinajstić information content (AvgIpc) is 3.18. The van der Waals surface area contributed by atoms with Gasteiger partial charge in [0.15, 0.2) is 5.13 Å². The maximum Gasteiger partial charge on any atom is 0.338 e. The number of hydrogen-bond acceptors (Lipinski definition) is 9. The molecule has 7 nitrogen and oxygen atoms in total. The van der Waals surface area contributed by atoms with Crippen LogP contribution in [0.3, 0.4) is 0 Å². The Kier molecular flexibility index (Phi) is 5.02. The fraction of sp³-hybridized carbons (Fsp3) is 0.200. The first kappa shape index (κ1) is 16.3. The Morgan fingerprint density at radius 3 is 2.75 bits per heavy atom. The maximum atomic E-state index is 11.6. The Labute approximate surface area is 146 Å². The van der Waals surface area contributed by atoms with E-state index in [4.69, 9.17) is 10.5 Å². The van der Waals surface area contributed by atoms with Crippen LogP contribution in [0.5, 0.6) is 0 Å². The molecule has 0 radical (unpaired) electrons. The van der Waals surface area contributed by atoms with Gasteiger partial charge in [-0.05, 0) is 31.2 Å². The van der Waals surface area contributed by atoms with Crippen LogP contribution in [0, 0.1) is 0 Å². The van der Waals surface area contributed by atoms with Crippen molar-refractivity contribution in [3.63, 3.8) is 0 Å². The Balaban J connectivity index is 1.63. The number of hydrogen-bond donors (Lipinski definition) is 2. The number of carbonyl (C=O) groups excluding carboxylic acids is 1. The Bertz CT molecular complexity index is 829. The zero-order valence-corrected chi connectivity index (χ0v) is 14.5. The number of ether oxygens (including phenoxy) is 1. The fourth-order valence-corrected chi connectivity index (χ4v) is 3.30. The molecule has 3 aromatic rings. The highest BCUT2D eigenvalue weighted by atomic mass is 32.1. The highest BCUT2D eigenvalue weighted by Gasteiger charge is 2.09. The first-order valence-corrected chi connectivity index (χ1v) is 8.90. The quantitative estimate of drug-likeness (QED) is 0.650. The van der Waals surface area contributed by atoms with Gasteiger partial charge in [-0.2, -0.15) is 0 Å². The number of anilines is 3. The number of thiazole rings is 1. The molecule has 0 saturated heterocycles. The van der Waals surface area contributed by atoms with Crippen molar-refractivity contribution >= 4 is 44.6 Å². The van der Waals surface area contributed by atoms with Crippen molar-refractivity contribution in [3.8, 4) is 0 Å². The van der Waals surface area contributed by atoms with E-state index in [0.29, 0.717) is 28.9 Å². The van der Waals surface area contributed by atoms with Gasteiger partial charge in [-0.1, -0.05) is 11.3 Å². The predicted octanol–water partition coefficient (Wildman–Crippen LogP) is 3.09. The van der Waals surface area contributed by atoms with Crippen molar-refractivity contribution in [3.05, 3.63) is 45.9 Å². The van der Waals surface area contributed by atoms with Crippen molar-refractivity contribution in [1.29, 1.82) is 0 Å². The molecule has 0 bridgehead atoms. The summed E-state index contributed by atoms with van der Waals surface area (Å²) in [5.41, 5.74) is 7.85. The molecule has 24 heavy (non-hydrogen) atoms. The molecule has 0 spiro atoms. The number of aromatic nitrogens is 3.